The second-order valence-electron chi connectivity index (χ2n) is 5.13. The van der Waals surface area contributed by atoms with Crippen molar-refractivity contribution in [3.8, 4) is 0 Å². The second kappa shape index (κ2) is 5.25. The van der Waals surface area contributed by atoms with E-state index in [1.165, 1.54) is 30.9 Å². The van der Waals surface area contributed by atoms with Crippen LogP contribution in [0.3, 0.4) is 0 Å². The van der Waals surface area contributed by atoms with Gasteiger partial charge in [0.2, 0.25) is 0 Å². The molecular weight excluding hydrogens is 220 g/mol. The highest BCUT2D eigenvalue weighted by Crippen LogP contribution is 2.44. The topological polar surface area (TPSA) is 38.5 Å². The van der Waals surface area contributed by atoms with Gasteiger partial charge in [0.15, 0.2) is 0 Å². The van der Waals surface area contributed by atoms with Crippen LogP contribution in [0, 0.1) is 5.92 Å². The Bertz CT molecular complexity index is 235. The summed E-state index contributed by atoms with van der Waals surface area (Å²) in [5.74, 6) is 3.24. The van der Waals surface area contributed by atoms with Crippen molar-refractivity contribution in [2.24, 2.45) is 11.7 Å². The van der Waals surface area contributed by atoms with E-state index in [4.69, 9.17) is 10.5 Å². The summed E-state index contributed by atoms with van der Waals surface area (Å²) in [5.41, 5.74) is 6.22. The van der Waals surface area contributed by atoms with Gasteiger partial charge in [0.1, 0.15) is 0 Å². The number of hydrogen-bond acceptors (Lipinski definition) is 4. The zero-order valence-corrected chi connectivity index (χ0v) is 11.3. The molecule has 2 aliphatic rings. The van der Waals surface area contributed by atoms with E-state index in [1.807, 2.05) is 0 Å². The van der Waals surface area contributed by atoms with E-state index in [0.717, 1.165) is 19.1 Å². The molecule has 2 fully saturated rings. The Kier molecular flexibility index (Phi) is 4.16. The molecule has 0 spiro atoms. The SMILES string of the molecule is COCC(CN)(C1CC1)N1CCSCC1C. The number of rotatable bonds is 5. The van der Waals surface area contributed by atoms with Gasteiger partial charge in [-0.3, -0.25) is 4.90 Å². The molecule has 2 rings (SSSR count). The number of ether oxygens (including phenoxy) is 1. The van der Waals surface area contributed by atoms with Gasteiger partial charge in [-0.15, -0.1) is 0 Å². The zero-order chi connectivity index (χ0) is 11.6. The molecule has 1 aliphatic heterocycles. The summed E-state index contributed by atoms with van der Waals surface area (Å²) in [6.07, 6.45) is 2.66. The summed E-state index contributed by atoms with van der Waals surface area (Å²) in [7, 11) is 1.80. The van der Waals surface area contributed by atoms with E-state index in [0.29, 0.717) is 6.04 Å². The van der Waals surface area contributed by atoms with Gasteiger partial charge in [0, 0.05) is 37.7 Å². The largest absolute Gasteiger partial charge is 0.383 e. The molecule has 3 nitrogen and oxygen atoms in total. The molecule has 1 saturated carbocycles. The number of methoxy groups -OCH3 is 1. The lowest BCUT2D eigenvalue weighted by Gasteiger charge is -2.48. The van der Waals surface area contributed by atoms with E-state index < -0.39 is 0 Å². The summed E-state index contributed by atoms with van der Waals surface area (Å²) < 4.78 is 5.47. The van der Waals surface area contributed by atoms with E-state index in [-0.39, 0.29) is 5.54 Å². The van der Waals surface area contributed by atoms with Gasteiger partial charge < -0.3 is 10.5 Å². The average molecular weight is 244 g/mol. The van der Waals surface area contributed by atoms with E-state index in [2.05, 4.69) is 23.6 Å². The van der Waals surface area contributed by atoms with Gasteiger partial charge in [0.25, 0.3) is 0 Å². The Morgan fingerprint density at radius 2 is 2.25 bits per heavy atom. The third-order valence-electron chi connectivity index (χ3n) is 4.02. The van der Waals surface area contributed by atoms with Gasteiger partial charge in [-0.25, -0.2) is 0 Å². The molecular formula is C12H24N2OS. The van der Waals surface area contributed by atoms with Gasteiger partial charge >= 0.3 is 0 Å². The minimum absolute atomic E-state index is 0.120. The Balaban J connectivity index is 2.14. The van der Waals surface area contributed by atoms with Crippen molar-refractivity contribution in [1.29, 1.82) is 0 Å². The average Bonchev–Trinajstić information content (AvgIpc) is 3.11. The lowest BCUT2D eigenvalue weighted by atomic mass is 9.90. The monoisotopic (exact) mass is 244 g/mol. The maximum Gasteiger partial charge on any atom is 0.0661 e. The van der Waals surface area contributed by atoms with Crippen LogP contribution in [0.1, 0.15) is 19.8 Å². The van der Waals surface area contributed by atoms with Gasteiger partial charge in [-0.05, 0) is 25.7 Å². The standard InChI is InChI=1S/C12H24N2OS/c1-10-7-16-6-5-14(10)12(8-13,9-15-2)11-3-4-11/h10-11H,3-9,13H2,1-2H3. The normalized spacial score (nSPS) is 31.3. The third kappa shape index (κ3) is 2.26. The van der Waals surface area contributed by atoms with E-state index >= 15 is 0 Å². The van der Waals surface area contributed by atoms with Gasteiger partial charge in [-0.2, -0.15) is 11.8 Å². The maximum atomic E-state index is 6.10. The highest BCUT2D eigenvalue weighted by atomic mass is 32.2. The molecule has 0 amide bonds. The van der Waals surface area contributed by atoms with Crippen LogP contribution in [-0.2, 0) is 4.74 Å². The number of thioether (sulfide) groups is 1. The third-order valence-corrected chi connectivity index (χ3v) is 5.21. The van der Waals surface area contributed by atoms with E-state index in [9.17, 15) is 0 Å². The molecule has 1 heterocycles. The minimum Gasteiger partial charge on any atom is -0.383 e. The molecule has 0 aromatic carbocycles. The lowest BCUT2D eigenvalue weighted by Crippen LogP contribution is -2.63. The second-order valence-corrected chi connectivity index (χ2v) is 6.28. The predicted octanol–water partition coefficient (Wildman–Crippen LogP) is 1.18. The van der Waals surface area contributed by atoms with Crippen LogP contribution >= 0.6 is 11.8 Å². The van der Waals surface area contributed by atoms with Crippen molar-refractivity contribution >= 4 is 11.8 Å². The first-order valence-corrected chi connectivity index (χ1v) is 7.43. The first kappa shape index (κ1) is 12.7. The Hall–Kier alpha value is 0.230. The summed E-state index contributed by atoms with van der Waals surface area (Å²) in [4.78, 5) is 2.63. The fraction of sp³-hybridized carbons (Fsp3) is 1.00. The van der Waals surface area contributed by atoms with Crippen molar-refractivity contribution in [3.63, 3.8) is 0 Å². The Morgan fingerprint density at radius 1 is 1.50 bits per heavy atom. The zero-order valence-electron chi connectivity index (χ0n) is 10.4. The van der Waals surface area contributed by atoms with Crippen LogP contribution in [0.2, 0.25) is 0 Å². The van der Waals surface area contributed by atoms with Crippen LogP contribution in [0.25, 0.3) is 0 Å². The molecule has 2 atom stereocenters. The van der Waals surface area contributed by atoms with Crippen LogP contribution in [-0.4, -0.2) is 54.8 Å². The minimum atomic E-state index is 0.120. The molecule has 0 radical (unpaired) electrons. The van der Waals surface area contributed by atoms with Crippen molar-refractivity contribution in [3.05, 3.63) is 0 Å². The van der Waals surface area contributed by atoms with E-state index in [1.54, 1.807) is 7.11 Å². The molecule has 1 aliphatic carbocycles. The molecule has 0 aromatic rings. The van der Waals surface area contributed by atoms with Crippen LogP contribution in [0.4, 0.5) is 0 Å². The van der Waals surface area contributed by atoms with Gasteiger partial charge in [-0.1, -0.05) is 0 Å². The predicted molar refractivity (Wildman–Crippen MR) is 69.9 cm³/mol. The smallest absolute Gasteiger partial charge is 0.0661 e. The van der Waals surface area contributed by atoms with Crippen molar-refractivity contribution < 1.29 is 4.74 Å². The molecule has 1 saturated heterocycles. The van der Waals surface area contributed by atoms with Crippen LogP contribution in [0.5, 0.6) is 0 Å². The first-order valence-electron chi connectivity index (χ1n) is 6.28. The summed E-state index contributed by atoms with van der Waals surface area (Å²) in [6.45, 7) is 5.03. The molecule has 2 unspecified atom stereocenters. The molecule has 4 heteroatoms. The summed E-state index contributed by atoms with van der Waals surface area (Å²) in [5, 5.41) is 0. The summed E-state index contributed by atoms with van der Waals surface area (Å²) >= 11 is 2.06. The highest BCUT2D eigenvalue weighted by molar-refractivity contribution is 7.99. The first-order chi connectivity index (χ1) is 7.74. The van der Waals surface area contributed by atoms with Crippen molar-refractivity contribution in [2.45, 2.75) is 31.3 Å². The maximum absolute atomic E-state index is 6.10. The number of nitrogens with two attached hydrogens (primary N) is 1. The Morgan fingerprint density at radius 3 is 2.75 bits per heavy atom. The Labute approximate surface area is 103 Å². The number of hydrogen-bond donors (Lipinski definition) is 1. The summed E-state index contributed by atoms with van der Waals surface area (Å²) in [6, 6.07) is 0.637. The van der Waals surface area contributed by atoms with Crippen molar-refractivity contribution in [1.82, 2.24) is 4.90 Å². The highest BCUT2D eigenvalue weighted by Gasteiger charge is 2.50. The van der Waals surface area contributed by atoms with Crippen molar-refractivity contribution in [2.75, 3.05) is 38.3 Å². The lowest BCUT2D eigenvalue weighted by molar-refractivity contribution is -0.0159. The van der Waals surface area contributed by atoms with Crippen LogP contribution < -0.4 is 5.73 Å². The quantitative estimate of drug-likeness (QED) is 0.788. The molecule has 94 valence electrons. The molecule has 0 aromatic heterocycles. The fourth-order valence-corrected chi connectivity index (χ4v) is 4.05. The number of nitrogens with zero attached hydrogens (tertiary/aromatic N) is 1. The van der Waals surface area contributed by atoms with Gasteiger partial charge in [0.05, 0.1) is 12.1 Å². The molecule has 16 heavy (non-hydrogen) atoms. The molecule has 2 N–H and O–H groups in total. The van der Waals surface area contributed by atoms with Crippen LogP contribution in [0.15, 0.2) is 0 Å². The fourth-order valence-electron chi connectivity index (χ4n) is 3.04. The molecule has 0 bridgehead atoms.